The average molecular weight is 627 g/mol. The van der Waals surface area contributed by atoms with E-state index in [4.69, 9.17) is 23.7 Å². The lowest BCUT2D eigenvalue weighted by molar-refractivity contribution is -0.138. The largest absolute Gasteiger partial charge is 0.494 e. The van der Waals surface area contributed by atoms with Crippen molar-refractivity contribution in [3.05, 3.63) is 109 Å². The second-order valence-electron chi connectivity index (χ2n) is 9.57. The summed E-state index contributed by atoms with van der Waals surface area (Å²) in [6.45, 7) is 8.07. The number of carbonyl (C=O) groups excluding carboxylic acids is 4. The van der Waals surface area contributed by atoms with Gasteiger partial charge in [0.25, 0.3) is 5.91 Å². The van der Waals surface area contributed by atoms with Gasteiger partial charge in [-0.15, -0.1) is 0 Å². The zero-order chi connectivity index (χ0) is 33.1. The van der Waals surface area contributed by atoms with Crippen molar-refractivity contribution >= 4 is 29.5 Å². The van der Waals surface area contributed by atoms with Gasteiger partial charge in [0.15, 0.2) is 0 Å². The molecule has 3 aromatic rings. The van der Waals surface area contributed by atoms with Gasteiger partial charge in [-0.05, 0) is 86.3 Å². The molecule has 1 amide bonds. The first kappa shape index (κ1) is 34.6. The van der Waals surface area contributed by atoms with Crippen LogP contribution < -0.4 is 19.5 Å². The Labute approximate surface area is 267 Å². The van der Waals surface area contributed by atoms with E-state index in [0.717, 1.165) is 12.2 Å². The summed E-state index contributed by atoms with van der Waals surface area (Å²) in [4.78, 5) is 47.5. The molecule has 0 aliphatic carbocycles. The number of carbonyl (C=O) groups is 4. The first-order chi connectivity index (χ1) is 22.3. The molecule has 3 aromatic carbocycles. The number of benzene rings is 3. The molecule has 11 heteroatoms. The molecule has 46 heavy (non-hydrogen) atoms. The Morgan fingerprint density at radius 3 is 1.65 bits per heavy atom. The van der Waals surface area contributed by atoms with Gasteiger partial charge in [-0.25, -0.2) is 14.4 Å². The Kier molecular flexibility index (Phi) is 14.1. The molecule has 238 valence electrons. The van der Waals surface area contributed by atoms with Crippen molar-refractivity contribution in [3.8, 4) is 23.3 Å². The van der Waals surface area contributed by atoms with Crippen LogP contribution in [-0.4, -0.2) is 50.2 Å². The maximum absolute atomic E-state index is 12.8. The van der Waals surface area contributed by atoms with E-state index in [9.17, 15) is 24.4 Å². The monoisotopic (exact) mass is 626 g/mol. The highest BCUT2D eigenvalue weighted by Crippen LogP contribution is 2.24. The molecule has 0 fully saturated rings. The van der Waals surface area contributed by atoms with E-state index < -0.39 is 23.8 Å². The number of hydrogen-bond acceptors (Lipinski definition) is 10. The van der Waals surface area contributed by atoms with Gasteiger partial charge in [0.1, 0.15) is 23.3 Å². The first-order valence-corrected chi connectivity index (χ1v) is 14.4. The molecule has 0 atom stereocenters. The summed E-state index contributed by atoms with van der Waals surface area (Å²) in [6.07, 6.45) is 4.86. The molecular formula is C35H34N2O9. The first-order valence-electron chi connectivity index (χ1n) is 14.4. The van der Waals surface area contributed by atoms with Crippen LogP contribution >= 0.6 is 0 Å². The molecule has 11 nitrogen and oxygen atoms in total. The number of nitrogens with one attached hydrogen (secondary N) is 1. The second kappa shape index (κ2) is 18.7. The molecule has 3 rings (SSSR count). The van der Waals surface area contributed by atoms with Gasteiger partial charge in [-0.1, -0.05) is 13.2 Å². The van der Waals surface area contributed by atoms with Crippen LogP contribution in [0.2, 0.25) is 0 Å². The summed E-state index contributed by atoms with van der Waals surface area (Å²) >= 11 is 0. The van der Waals surface area contributed by atoms with Crippen LogP contribution in [0.15, 0.2) is 92.0 Å². The average Bonchev–Trinajstić information content (AvgIpc) is 3.08. The second-order valence-corrected chi connectivity index (χ2v) is 9.57. The minimum Gasteiger partial charge on any atom is -0.494 e. The quantitative estimate of drug-likeness (QED) is 0.0793. The van der Waals surface area contributed by atoms with Crippen molar-refractivity contribution in [2.45, 2.75) is 25.7 Å². The van der Waals surface area contributed by atoms with E-state index in [1.165, 1.54) is 18.2 Å². The number of esters is 3. The van der Waals surface area contributed by atoms with Crippen LogP contribution in [0.4, 0.5) is 5.69 Å². The third-order valence-corrected chi connectivity index (χ3v) is 6.21. The van der Waals surface area contributed by atoms with Crippen molar-refractivity contribution in [2.75, 3.05) is 31.7 Å². The minimum atomic E-state index is -0.630. The number of hydrogen-bond donors (Lipinski definition) is 1. The molecule has 0 saturated heterocycles. The Morgan fingerprint density at radius 2 is 1.15 bits per heavy atom. The number of amides is 1. The number of anilines is 1. The lowest BCUT2D eigenvalue weighted by atomic mass is 10.1. The van der Waals surface area contributed by atoms with Crippen LogP contribution in [0.25, 0.3) is 0 Å². The molecule has 0 aliphatic heterocycles. The molecule has 0 bridgehead atoms. The third-order valence-electron chi connectivity index (χ3n) is 6.21. The fourth-order valence-corrected chi connectivity index (χ4v) is 3.79. The molecule has 1 N–H and O–H groups in total. The lowest BCUT2D eigenvalue weighted by Crippen LogP contribution is -2.13. The Morgan fingerprint density at radius 1 is 0.674 bits per heavy atom. The fraction of sp³-hybridized carbons (Fsp3) is 0.229. The number of nitriles is 1. The smallest absolute Gasteiger partial charge is 0.343 e. The topological polar surface area (TPSA) is 150 Å². The highest BCUT2D eigenvalue weighted by Gasteiger charge is 2.14. The molecule has 0 heterocycles. The van der Waals surface area contributed by atoms with Crippen LogP contribution in [0.3, 0.4) is 0 Å². The summed E-state index contributed by atoms with van der Waals surface area (Å²) in [5, 5.41) is 12.3. The molecule has 0 spiro atoms. The van der Waals surface area contributed by atoms with E-state index in [1.807, 2.05) is 6.07 Å². The van der Waals surface area contributed by atoms with E-state index in [2.05, 4.69) is 18.5 Å². The summed E-state index contributed by atoms with van der Waals surface area (Å²) < 4.78 is 26.5. The predicted octanol–water partition coefficient (Wildman–Crippen LogP) is 5.81. The maximum atomic E-state index is 12.8. The molecule has 0 aromatic heterocycles. The number of ether oxygens (including phenoxy) is 5. The highest BCUT2D eigenvalue weighted by atomic mass is 16.5. The summed E-state index contributed by atoms with van der Waals surface area (Å²) in [5.74, 6) is -0.712. The maximum Gasteiger partial charge on any atom is 0.343 e. The van der Waals surface area contributed by atoms with E-state index in [0.29, 0.717) is 56.0 Å². The Hall–Kier alpha value is -5.89. The van der Waals surface area contributed by atoms with Crippen LogP contribution in [0, 0.1) is 11.3 Å². The Balaban J connectivity index is 1.45. The number of nitrogens with zero attached hydrogens (tertiary/aromatic N) is 1. The molecule has 0 radical (unpaired) electrons. The normalized spacial score (nSPS) is 10.1. The number of rotatable bonds is 18. The van der Waals surface area contributed by atoms with E-state index in [1.54, 1.807) is 48.5 Å². The van der Waals surface area contributed by atoms with Gasteiger partial charge in [0.2, 0.25) is 0 Å². The van der Waals surface area contributed by atoms with Crippen molar-refractivity contribution in [1.82, 2.24) is 0 Å². The van der Waals surface area contributed by atoms with Gasteiger partial charge in [-0.2, -0.15) is 5.26 Å². The highest BCUT2D eigenvalue weighted by molar-refractivity contribution is 6.05. The predicted molar refractivity (Wildman–Crippen MR) is 169 cm³/mol. The SMILES string of the molecule is C=CC(=O)OCCCCOc1ccc(C(=O)Nc2ccc(OC(=O)c3ccc(OCCCCOC(=O)C=C)cc3)cc2C#N)cc1. The number of unbranched alkanes of at least 4 members (excludes halogenated alkanes) is 2. The van der Waals surface area contributed by atoms with Gasteiger partial charge in [0.05, 0.1) is 43.2 Å². The zero-order valence-corrected chi connectivity index (χ0v) is 25.2. The van der Waals surface area contributed by atoms with Crippen molar-refractivity contribution in [3.63, 3.8) is 0 Å². The molecule has 0 aliphatic rings. The van der Waals surface area contributed by atoms with Crippen molar-refractivity contribution < 1.29 is 42.9 Å². The lowest BCUT2D eigenvalue weighted by Gasteiger charge is -2.11. The van der Waals surface area contributed by atoms with Crippen molar-refractivity contribution in [1.29, 1.82) is 5.26 Å². The molecular weight excluding hydrogens is 592 g/mol. The van der Waals surface area contributed by atoms with Crippen molar-refractivity contribution in [2.24, 2.45) is 0 Å². The van der Waals surface area contributed by atoms with Crippen LogP contribution in [-0.2, 0) is 19.1 Å². The van der Waals surface area contributed by atoms with Gasteiger partial charge in [-0.3, -0.25) is 4.79 Å². The van der Waals surface area contributed by atoms with Gasteiger partial charge < -0.3 is 29.0 Å². The molecule has 0 unspecified atom stereocenters. The van der Waals surface area contributed by atoms with E-state index in [-0.39, 0.29) is 35.8 Å². The third kappa shape index (κ3) is 11.7. The zero-order valence-electron chi connectivity index (χ0n) is 25.2. The molecule has 0 saturated carbocycles. The van der Waals surface area contributed by atoms with Crippen LogP contribution in [0.5, 0.6) is 17.2 Å². The van der Waals surface area contributed by atoms with Gasteiger partial charge in [0, 0.05) is 23.8 Å². The fourth-order valence-electron chi connectivity index (χ4n) is 3.79. The van der Waals surface area contributed by atoms with E-state index >= 15 is 0 Å². The summed E-state index contributed by atoms with van der Waals surface area (Å²) in [6, 6.07) is 19.2. The Bertz CT molecular complexity index is 1560. The minimum absolute atomic E-state index is 0.111. The summed E-state index contributed by atoms with van der Waals surface area (Å²) in [5.41, 5.74) is 0.996. The van der Waals surface area contributed by atoms with Crippen LogP contribution in [0.1, 0.15) is 52.0 Å². The standard InChI is InChI=1S/C35H34N2O9/c1-3-32(38)44-21-7-5-19-42-28-13-9-25(10-14-28)34(40)37-31-18-17-30(23-27(31)24-36)46-35(41)26-11-15-29(16-12-26)43-20-6-8-22-45-33(39)4-2/h3-4,9-18,23H,1-2,5-8,19-22H2,(H,37,40). The summed E-state index contributed by atoms with van der Waals surface area (Å²) in [7, 11) is 0. The van der Waals surface area contributed by atoms with Gasteiger partial charge >= 0.3 is 17.9 Å².